The minimum absolute atomic E-state index is 0.122. The van der Waals surface area contributed by atoms with Gasteiger partial charge >= 0.3 is 6.09 Å². The first-order valence-corrected chi connectivity index (χ1v) is 6.09. The van der Waals surface area contributed by atoms with Gasteiger partial charge in [-0.3, -0.25) is 4.79 Å². The van der Waals surface area contributed by atoms with Crippen LogP contribution >= 0.6 is 0 Å². The molecule has 0 aromatic heterocycles. The Morgan fingerprint density at radius 1 is 1.26 bits per heavy atom. The molecule has 0 aliphatic heterocycles. The van der Waals surface area contributed by atoms with Gasteiger partial charge in [-0.1, -0.05) is 12.1 Å². The number of amides is 2. The second-order valence-corrected chi connectivity index (χ2v) is 5.27. The number of carbonyl (C=O) groups is 2. The molecular weight excluding hydrogens is 244 g/mol. The van der Waals surface area contributed by atoms with Gasteiger partial charge in [0.15, 0.2) is 0 Å². The van der Waals surface area contributed by atoms with Crippen molar-refractivity contribution in [3.05, 3.63) is 29.8 Å². The standard InChI is InChI=1S/C14H20N2O3/c1-10-6-5-7-11(8-10)16-12(17)9-15-13(18)19-14(2,3)4/h5-8H,9H2,1-4H3,(H,15,18)(H,16,17). The van der Waals surface area contributed by atoms with Gasteiger partial charge in [-0.05, 0) is 45.4 Å². The second-order valence-electron chi connectivity index (χ2n) is 5.27. The van der Waals surface area contributed by atoms with E-state index >= 15 is 0 Å². The Bertz CT molecular complexity index is 464. The molecule has 2 N–H and O–H groups in total. The van der Waals surface area contributed by atoms with E-state index in [1.165, 1.54) is 0 Å². The van der Waals surface area contributed by atoms with Gasteiger partial charge in [0.2, 0.25) is 5.91 Å². The van der Waals surface area contributed by atoms with Crippen molar-refractivity contribution in [2.75, 3.05) is 11.9 Å². The van der Waals surface area contributed by atoms with Crippen molar-refractivity contribution in [1.82, 2.24) is 5.32 Å². The van der Waals surface area contributed by atoms with E-state index in [1.807, 2.05) is 25.1 Å². The summed E-state index contributed by atoms with van der Waals surface area (Å²) in [5.41, 5.74) is 1.19. The largest absolute Gasteiger partial charge is 0.444 e. The lowest BCUT2D eigenvalue weighted by Crippen LogP contribution is -2.37. The summed E-state index contributed by atoms with van der Waals surface area (Å²) in [6.45, 7) is 7.11. The summed E-state index contributed by atoms with van der Waals surface area (Å²) in [6, 6.07) is 7.44. The Hall–Kier alpha value is -2.04. The van der Waals surface area contributed by atoms with Crippen LogP contribution in [-0.2, 0) is 9.53 Å². The van der Waals surface area contributed by atoms with Crippen molar-refractivity contribution in [1.29, 1.82) is 0 Å². The molecule has 0 aliphatic rings. The minimum Gasteiger partial charge on any atom is -0.444 e. The van der Waals surface area contributed by atoms with Gasteiger partial charge < -0.3 is 15.4 Å². The molecular formula is C14H20N2O3. The Morgan fingerprint density at radius 3 is 2.53 bits per heavy atom. The SMILES string of the molecule is Cc1cccc(NC(=O)CNC(=O)OC(C)(C)C)c1. The molecule has 0 saturated carbocycles. The van der Waals surface area contributed by atoms with Crippen LogP contribution in [0.2, 0.25) is 0 Å². The maximum absolute atomic E-state index is 11.6. The van der Waals surface area contributed by atoms with E-state index in [1.54, 1.807) is 26.8 Å². The molecule has 104 valence electrons. The van der Waals surface area contributed by atoms with Crippen molar-refractivity contribution in [3.63, 3.8) is 0 Å². The fourth-order valence-electron chi connectivity index (χ4n) is 1.39. The molecule has 5 heteroatoms. The van der Waals surface area contributed by atoms with Gasteiger partial charge in [0.25, 0.3) is 0 Å². The van der Waals surface area contributed by atoms with Gasteiger partial charge in [-0.2, -0.15) is 0 Å². The van der Waals surface area contributed by atoms with Crippen molar-refractivity contribution < 1.29 is 14.3 Å². The third-order valence-electron chi connectivity index (χ3n) is 2.09. The molecule has 0 aliphatic carbocycles. The summed E-state index contributed by atoms with van der Waals surface area (Å²) in [5.74, 6) is -0.295. The number of hydrogen-bond donors (Lipinski definition) is 2. The predicted octanol–water partition coefficient (Wildman–Crippen LogP) is 2.46. The number of hydrogen-bond acceptors (Lipinski definition) is 3. The minimum atomic E-state index is -0.605. The predicted molar refractivity (Wildman–Crippen MR) is 74.0 cm³/mol. The van der Waals surface area contributed by atoms with Crippen molar-refractivity contribution in [3.8, 4) is 0 Å². The Balaban J connectivity index is 2.38. The average Bonchev–Trinajstić information content (AvgIpc) is 2.24. The van der Waals surface area contributed by atoms with E-state index in [0.717, 1.165) is 5.56 Å². The fraction of sp³-hybridized carbons (Fsp3) is 0.429. The van der Waals surface area contributed by atoms with E-state index in [2.05, 4.69) is 10.6 Å². The quantitative estimate of drug-likeness (QED) is 0.881. The van der Waals surface area contributed by atoms with Gasteiger partial charge in [0.05, 0.1) is 0 Å². The summed E-state index contributed by atoms with van der Waals surface area (Å²) in [5, 5.41) is 5.09. The maximum Gasteiger partial charge on any atom is 0.408 e. The highest BCUT2D eigenvalue weighted by Crippen LogP contribution is 2.09. The number of nitrogens with one attached hydrogen (secondary N) is 2. The zero-order valence-corrected chi connectivity index (χ0v) is 11.7. The van der Waals surface area contributed by atoms with Crippen LogP contribution in [0, 0.1) is 6.92 Å². The van der Waals surface area contributed by atoms with Gasteiger partial charge in [-0.15, -0.1) is 0 Å². The molecule has 1 aromatic carbocycles. The number of benzene rings is 1. The molecule has 1 rings (SSSR count). The second kappa shape index (κ2) is 6.22. The van der Waals surface area contributed by atoms with Gasteiger partial charge in [0.1, 0.15) is 12.1 Å². The highest BCUT2D eigenvalue weighted by molar-refractivity contribution is 5.93. The van der Waals surface area contributed by atoms with E-state index in [0.29, 0.717) is 5.69 Å². The highest BCUT2D eigenvalue weighted by atomic mass is 16.6. The zero-order valence-electron chi connectivity index (χ0n) is 11.7. The Morgan fingerprint density at radius 2 is 1.95 bits per heavy atom. The van der Waals surface area contributed by atoms with Crippen LogP contribution in [0.15, 0.2) is 24.3 Å². The number of alkyl carbamates (subject to hydrolysis) is 1. The third-order valence-corrected chi connectivity index (χ3v) is 2.09. The first-order chi connectivity index (χ1) is 8.76. The zero-order chi connectivity index (χ0) is 14.5. The third kappa shape index (κ3) is 6.45. The van der Waals surface area contributed by atoms with E-state index < -0.39 is 11.7 Å². The average molecular weight is 264 g/mol. The number of aryl methyl sites for hydroxylation is 1. The lowest BCUT2D eigenvalue weighted by Gasteiger charge is -2.19. The number of rotatable bonds is 3. The van der Waals surface area contributed by atoms with Crippen LogP contribution in [0.25, 0.3) is 0 Å². The van der Waals surface area contributed by atoms with Gasteiger partial charge in [-0.25, -0.2) is 4.79 Å². The Labute approximate surface area is 113 Å². The smallest absolute Gasteiger partial charge is 0.408 e. The molecule has 0 spiro atoms. The van der Waals surface area contributed by atoms with E-state index in [9.17, 15) is 9.59 Å². The van der Waals surface area contributed by atoms with Crippen LogP contribution in [0.5, 0.6) is 0 Å². The van der Waals surface area contributed by atoms with Gasteiger partial charge in [0, 0.05) is 5.69 Å². The van der Waals surface area contributed by atoms with Crippen LogP contribution in [0.1, 0.15) is 26.3 Å². The fourth-order valence-corrected chi connectivity index (χ4v) is 1.39. The summed E-state index contributed by atoms with van der Waals surface area (Å²) in [6.07, 6.45) is -0.605. The number of ether oxygens (including phenoxy) is 1. The number of anilines is 1. The maximum atomic E-state index is 11.6. The normalized spacial score (nSPS) is 10.7. The highest BCUT2D eigenvalue weighted by Gasteiger charge is 2.16. The Kier molecular flexibility index (Phi) is 4.92. The van der Waals surface area contributed by atoms with Crippen LogP contribution in [0.3, 0.4) is 0 Å². The van der Waals surface area contributed by atoms with E-state index in [-0.39, 0.29) is 12.5 Å². The van der Waals surface area contributed by atoms with Crippen molar-refractivity contribution in [2.45, 2.75) is 33.3 Å². The molecule has 0 fully saturated rings. The molecule has 19 heavy (non-hydrogen) atoms. The molecule has 0 saturated heterocycles. The van der Waals surface area contributed by atoms with Crippen LogP contribution in [0.4, 0.5) is 10.5 Å². The number of carbonyl (C=O) groups excluding carboxylic acids is 2. The first kappa shape index (κ1) is 15.0. The lowest BCUT2D eigenvalue weighted by atomic mass is 10.2. The molecule has 0 unspecified atom stereocenters. The van der Waals surface area contributed by atoms with Crippen molar-refractivity contribution in [2.24, 2.45) is 0 Å². The molecule has 0 heterocycles. The molecule has 0 bridgehead atoms. The summed E-state index contributed by atoms with van der Waals surface area (Å²) >= 11 is 0. The van der Waals surface area contributed by atoms with Crippen LogP contribution < -0.4 is 10.6 Å². The summed E-state index contributed by atoms with van der Waals surface area (Å²) in [4.78, 5) is 23.0. The topological polar surface area (TPSA) is 67.4 Å². The van der Waals surface area contributed by atoms with Crippen molar-refractivity contribution >= 4 is 17.7 Å². The van der Waals surface area contributed by atoms with Crippen LogP contribution in [-0.4, -0.2) is 24.1 Å². The summed E-state index contributed by atoms with van der Waals surface area (Å²) < 4.78 is 5.03. The summed E-state index contributed by atoms with van der Waals surface area (Å²) in [7, 11) is 0. The van der Waals surface area contributed by atoms with E-state index in [4.69, 9.17) is 4.74 Å². The monoisotopic (exact) mass is 264 g/mol. The molecule has 0 radical (unpaired) electrons. The lowest BCUT2D eigenvalue weighted by molar-refractivity contribution is -0.115. The first-order valence-electron chi connectivity index (χ1n) is 6.09. The molecule has 0 atom stereocenters. The molecule has 5 nitrogen and oxygen atoms in total. The molecule has 1 aromatic rings. The molecule has 2 amide bonds.